The number of aromatic nitrogens is 3. The maximum absolute atomic E-state index is 14.5. The predicted octanol–water partition coefficient (Wildman–Crippen LogP) is 10.0. The zero-order valence-corrected chi connectivity index (χ0v) is 36.5. The molecule has 2 heterocycles. The molecule has 2 aromatic heterocycles. The Bertz CT molecular complexity index is 2060. The van der Waals surface area contributed by atoms with Crippen molar-refractivity contribution in [1.82, 2.24) is 14.3 Å². The fourth-order valence-electron chi connectivity index (χ4n) is 13.7. The van der Waals surface area contributed by atoms with Crippen LogP contribution in [0.15, 0.2) is 34.3 Å². The number of Topliss-reactive ketones (excluding diaryl/α,β-unsaturated/α-hetero) is 1. The van der Waals surface area contributed by atoms with Crippen molar-refractivity contribution in [2.24, 2.45) is 50.7 Å². The van der Waals surface area contributed by atoms with E-state index in [4.69, 9.17) is 27.9 Å². The van der Waals surface area contributed by atoms with Gasteiger partial charge in [-0.15, -0.1) is 0 Å². The molecule has 11 heteroatoms. The number of hydrogen-bond donors (Lipinski definition) is 1. The summed E-state index contributed by atoms with van der Waals surface area (Å²) in [5.41, 5.74) is 0.302. The average Bonchev–Trinajstić information content (AvgIpc) is 3.56. The quantitative estimate of drug-likeness (QED) is 0.264. The van der Waals surface area contributed by atoms with E-state index in [9.17, 15) is 24.3 Å². The molecule has 0 amide bonds. The van der Waals surface area contributed by atoms with Crippen molar-refractivity contribution in [2.75, 3.05) is 0 Å². The number of halogens is 2. The second-order valence-corrected chi connectivity index (χ2v) is 21.1. The first kappa shape index (κ1) is 41.3. The summed E-state index contributed by atoms with van der Waals surface area (Å²) < 4.78 is 9.72. The average molecular weight is 811 g/mol. The number of carbonyl (C=O) groups is 3. The van der Waals surface area contributed by atoms with Crippen molar-refractivity contribution < 1.29 is 24.2 Å². The maximum Gasteiger partial charge on any atom is 0.309 e. The van der Waals surface area contributed by atoms with Crippen molar-refractivity contribution in [2.45, 2.75) is 152 Å². The van der Waals surface area contributed by atoms with Crippen LogP contribution in [-0.4, -0.2) is 43.3 Å². The van der Waals surface area contributed by atoms with E-state index in [2.05, 4.69) is 53.5 Å². The second-order valence-electron chi connectivity index (χ2n) is 20.3. The van der Waals surface area contributed by atoms with Gasteiger partial charge >= 0.3 is 11.9 Å². The molecule has 8 atom stereocenters. The van der Waals surface area contributed by atoms with Gasteiger partial charge in [-0.3, -0.25) is 23.9 Å². The molecule has 0 radical (unpaired) electrons. The summed E-state index contributed by atoms with van der Waals surface area (Å²) in [4.78, 5) is 58.1. The number of allylic oxidation sites excluding steroid dienone is 2. The summed E-state index contributed by atoms with van der Waals surface area (Å²) in [5, 5.41) is 10.3. The van der Waals surface area contributed by atoms with E-state index < -0.39 is 22.8 Å². The van der Waals surface area contributed by atoms with Gasteiger partial charge in [0.1, 0.15) is 11.1 Å². The highest BCUT2D eigenvalue weighted by Crippen LogP contribution is 2.77. The Morgan fingerprint density at radius 3 is 2.27 bits per heavy atom. The molecule has 4 fully saturated rings. The molecule has 5 aliphatic carbocycles. The van der Waals surface area contributed by atoms with Crippen LogP contribution in [0.2, 0.25) is 10.0 Å². The Kier molecular flexibility index (Phi) is 10.00. The van der Waals surface area contributed by atoms with Gasteiger partial charge in [0.05, 0.1) is 22.6 Å². The Labute approximate surface area is 341 Å². The first-order valence-corrected chi connectivity index (χ1v) is 21.6. The third-order valence-electron chi connectivity index (χ3n) is 16.6. The molecular formula is C45H61Cl2N3O6. The number of ether oxygens (including phenoxy) is 1. The molecule has 2 aromatic rings. The summed E-state index contributed by atoms with van der Waals surface area (Å²) in [6, 6.07) is 3.46. The minimum atomic E-state index is -1.19. The molecular weight excluding hydrogens is 749 g/mol. The van der Waals surface area contributed by atoms with Crippen LogP contribution in [-0.2, 0) is 31.1 Å². The number of fused-ring (bicyclic) bond motifs is 7. The summed E-state index contributed by atoms with van der Waals surface area (Å²) >= 11 is 13.4. The van der Waals surface area contributed by atoms with Gasteiger partial charge in [0.25, 0.3) is 5.56 Å². The summed E-state index contributed by atoms with van der Waals surface area (Å²) in [7, 11) is 0. The number of nitrogens with zero attached hydrogens (tertiary/aromatic N) is 3. The van der Waals surface area contributed by atoms with Crippen LogP contribution in [0.4, 0.5) is 0 Å². The highest BCUT2D eigenvalue weighted by atomic mass is 35.5. The maximum atomic E-state index is 14.5. The molecule has 0 aromatic carbocycles. The van der Waals surface area contributed by atoms with Crippen molar-refractivity contribution >= 4 is 40.9 Å². The molecule has 0 bridgehead atoms. The number of rotatable bonds is 8. The molecule has 56 heavy (non-hydrogen) atoms. The van der Waals surface area contributed by atoms with E-state index in [-0.39, 0.29) is 62.4 Å². The first-order valence-electron chi connectivity index (χ1n) is 20.9. The fraction of sp³-hybridized carbons (Fsp3) is 0.711. The van der Waals surface area contributed by atoms with Crippen LogP contribution in [0.3, 0.4) is 0 Å². The second kappa shape index (κ2) is 13.6. The molecule has 4 saturated carbocycles. The zero-order chi connectivity index (χ0) is 41.1. The fourth-order valence-corrected chi connectivity index (χ4v) is 14.2. The van der Waals surface area contributed by atoms with Crippen LogP contribution in [0, 0.1) is 50.7 Å². The van der Waals surface area contributed by atoms with Crippen LogP contribution >= 0.6 is 23.2 Å². The lowest BCUT2D eigenvalue weighted by molar-refractivity contribution is -0.232. The Morgan fingerprint density at radius 2 is 1.66 bits per heavy atom. The number of ketones is 1. The number of pyridine rings is 1. The lowest BCUT2D eigenvalue weighted by Gasteiger charge is -2.72. The van der Waals surface area contributed by atoms with E-state index in [0.717, 1.165) is 62.6 Å². The molecule has 0 aliphatic heterocycles. The molecule has 0 saturated heterocycles. The molecule has 1 N–H and O–H groups in total. The van der Waals surface area contributed by atoms with E-state index in [0.29, 0.717) is 35.6 Å². The van der Waals surface area contributed by atoms with E-state index >= 15 is 0 Å². The van der Waals surface area contributed by atoms with Crippen LogP contribution in [0.5, 0.6) is 0 Å². The van der Waals surface area contributed by atoms with Crippen LogP contribution in [0.25, 0.3) is 5.82 Å². The monoisotopic (exact) mass is 809 g/mol. The van der Waals surface area contributed by atoms with E-state index in [1.165, 1.54) is 11.8 Å². The van der Waals surface area contributed by atoms with Gasteiger partial charge in [0, 0.05) is 30.0 Å². The minimum Gasteiger partial charge on any atom is -0.481 e. The Hall–Kier alpha value is -2.91. The topological polar surface area (TPSA) is 120 Å². The smallest absolute Gasteiger partial charge is 0.309 e. The van der Waals surface area contributed by atoms with Crippen molar-refractivity contribution in [3.8, 4) is 5.82 Å². The minimum absolute atomic E-state index is 0.0117. The normalized spacial score (nSPS) is 35.1. The molecule has 5 aliphatic rings. The van der Waals surface area contributed by atoms with Gasteiger partial charge < -0.3 is 9.84 Å². The first-order chi connectivity index (χ1) is 26.0. The van der Waals surface area contributed by atoms with Gasteiger partial charge in [-0.2, -0.15) is 4.68 Å². The lowest BCUT2D eigenvalue weighted by Crippen LogP contribution is -2.66. The number of carbonyl (C=O) groups excluding carboxylic acids is 2. The van der Waals surface area contributed by atoms with Gasteiger partial charge in [0.2, 0.25) is 0 Å². The number of carboxylic acid groups (broad SMARTS) is 1. The Balaban J connectivity index is 1.27. The molecule has 7 rings (SSSR count). The highest BCUT2D eigenvalue weighted by Gasteiger charge is 2.71. The molecule has 0 spiro atoms. The summed E-state index contributed by atoms with van der Waals surface area (Å²) in [6.07, 6.45) is 8.77. The highest BCUT2D eigenvalue weighted by molar-refractivity contribution is 6.31. The van der Waals surface area contributed by atoms with Gasteiger partial charge in [-0.05, 0) is 135 Å². The summed E-state index contributed by atoms with van der Waals surface area (Å²) in [5.74, 6) is 0.111. The number of esters is 1. The predicted molar refractivity (Wildman–Crippen MR) is 218 cm³/mol. The lowest BCUT2D eigenvalue weighted by atomic mass is 9.33. The zero-order valence-electron chi connectivity index (χ0n) is 35.0. The van der Waals surface area contributed by atoms with Crippen molar-refractivity contribution in [1.29, 1.82) is 0 Å². The standard InChI is InChI=1S/C45H61Cl2N3O6/c1-11-49-37(36(47)38(53)50(49)32-15-12-26(46)24-48-32)45-21-20-43(9)27(35(45)34(25(2)3)28(51)22-45)13-14-30-42(8)18-17-31(56-33(52)23-40(4,5)39(54)55)41(6,7)29(42)16-19-44(30,43)10/h12,15,24-25,27,29-31H,11,13-14,16-23H2,1-10H3,(H,54,55)/t27?,29-,30+,31-,42-,43+,44+,45+/m0/s1. The molecule has 1 unspecified atom stereocenters. The van der Waals surface area contributed by atoms with Gasteiger partial charge in [0.15, 0.2) is 11.6 Å². The SMILES string of the molecule is CCn1c([C@@]23CC[C@]4(C)C(CC[C@@H]5[C@@]6(C)CC[C@H](OC(=O)CC(C)(C)C(=O)O)C(C)(C)[C@@H]6CC[C@]54C)C2=C(C(C)C)C(=O)C3)c(Cl)c(=O)n1-c1ccc(Cl)cn1. The Morgan fingerprint density at radius 1 is 0.964 bits per heavy atom. The van der Waals surface area contributed by atoms with Gasteiger partial charge in [-0.1, -0.05) is 71.7 Å². The van der Waals surface area contributed by atoms with Crippen LogP contribution in [0.1, 0.15) is 139 Å². The third kappa shape index (κ3) is 5.69. The van der Waals surface area contributed by atoms with E-state index in [1.807, 2.05) is 11.6 Å². The third-order valence-corrected chi connectivity index (χ3v) is 17.1. The number of carboxylic acids is 1. The number of aliphatic carboxylic acids is 1. The van der Waals surface area contributed by atoms with E-state index in [1.54, 1.807) is 30.7 Å². The van der Waals surface area contributed by atoms with Crippen molar-refractivity contribution in [3.05, 3.63) is 55.6 Å². The molecule has 9 nitrogen and oxygen atoms in total. The molecule has 306 valence electrons. The van der Waals surface area contributed by atoms with Crippen LogP contribution < -0.4 is 5.56 Å². The van der Waals surface area contributed by atoms with Crippen molar-refractivity contribution in [3.63, 3.8) is 0 Å². The number of hydrogen-bond acceptors (Lipinski definition) is 6. The largest absolute Gasteiger partial charge is 0.481 e. The van der Waals surface area contributed by atoms with Gasteiger partial charge in [-0.25, -0.2) is 4.98 Å². The summed E-state index contributed by atoms with van der Waals surface area (Å²) in [6.45, 7) is 22.0.